The number of para-hydroxylation sites is 2. The zero-order valence-corrected chi connectivity index (χ0v) is 15.5. The first-order chi connectivity index (χ1) is 13.1. The first-order valence-electron chi connectivity index (χ1n) is 8.40. The maximum atomic E-state index is 12.7. The molecule has 0 radical (unpaired) electrons. The van der Waals surface area contributed by atoms with Crippen LogP contribution in [-0.2, 0) is 6.54 Å². The molecule has 0 spiro atoms. The van der Waals surface area contributed by atoms with Gasteiger partial charge in [-0.2, -0.15) is 4.99 Å². The molecule has 27 heavy (non-hydrogen) atoms. The summed E-state index contributed by atoms with van der Waals surface area (Å²) in [7, 11) is 0. The molecule has 0 fully saturated rings. The van der Waals surface area contributed by atoms with Crippen molar-refractivity contribution in [1.29, 1.82) is 0 Å². The van der Waals surface area contributed by atoms with Crippen molar-refractivity contribution in [3.05, 3.63) is 87.5 Å². The van der Waals surface area contributed by atoms with Gasteiger partial charge in [0.2, 0.25) is 0 Å². The number of benzene rings is 2. The number of hydrogen-bond acceptors (Lipinski definition) is 4. The minimum Gasteiger partial charge on any atom is -0.422 e. The molecule has 0 atom stereocenters. The van der Waals surface area contributed by atoms with Gasteiger partial charge in [-0.3, -0.25) is 4.79 Å². The Morgan fingerprint density at radius 1 is 1.26 bits per heavy atom. The molecule has 0 aliphatic heterocycles. The summed E-state index contributed by atoms with van der Waals surface area (Å²) in [4.78, 5) is 29.7. The van der Waals surface area contributed by atoms with Gasteiger partial charge in [0, 0.05) is 11.9 Å². The fourth-order valence-corrected chi connectivity index (χ4v) is 4.16. The van der Waals surface area contributed by atoms with E-state index in [0.717, 1.165) is 15.8 Å². The zero-order chi connectivity index (χ0) is 19.0. The standard InChI is InChI=1S/C21H16N2O3S/c1-3-11-23-18-13(2)7-6-10-17(18)27-21(23)22-19(24)15-12-14-8-4-5-9-16(14)26-20(15)25/h3-10,12H,1,11H2,2H3. The second-order valence-corrected chi connectivity index (χ2v) is 7.12. The summed E-state index contributed by atoms with van der Waals surface area (Å²) >= 11 is 1.41. The van der Waals surface area contributed by atoms with Crippen molar-refractivity contribution in [2.45, 2.75) is 13.5 Å². The quantitative estimate of drug-likeness (QED) is 0.400. The van der Waals surface area contributed by atoms with Crippen LogP contribution in [0.25, 0.3) is 21.2 Å². The molecule has 5 nitrogen and oxygen atoms in total. The third-order valence-corrected chi connectivity index (χ3v) is 5.33. The molecule has 0 saturated heterocycles. The van der Waals surface area contributed by atoms with Crippen LogP contribution in [0.15, 0.2) is 75.4 Å². The second kappa shape index (κ2) is 6.81. The molecule has 0 N–H and O–H groups in total. The Labute approximate surface area is 158 Å². The van der Waals surface area contributed by atoms with Crippen LogP contribution in [0.2, 0.25) is 0 Å². The van der Waals surface area contributed by atoms with Crippen molar-refractivity contribution in [2.75, 3.05) is 0 Å². The minimum absolute atomic E-state index is 0.0759. The van der Waals surface area contributed by atoms with Crippen molar-refractivity contribution in [3.8, 4) is 0 Å². The van der Waals surface area contributed by atoms with Crippen molar-refractivity contribution in [2.24, 2.45) is 4.99 Å². The molecule has 6 heteroatoms. The molecule has 0 saturated carbocycles. The molecule has 2 heterocycles. The fraction of sp³-hybridized carbons (Fsp3) is 0.0952. The molecular weight excluding hydrogens is 360 g/mol. The number of aromatic nitrogens is 1. The summed E-state index contributed by atoms with van der Waals surface area (Å²) in [6.07, 6.45) is 1.76. The Bertz CT molecular complexity index is 1320. The maximum absolute atomic E-state index is 12.7. The Morgan fingerprint density at radius 2 is 2.07 bits per heavy atom. The largest absolute Gasteiger partial charge is 0.422 e. The molecule has 0 aliphatic carbocycles. The molecular formula is C21H16N2O3S. The number of nitrogens with zero attached hydrogens (tertiary/aromatic N) is 2. The monoisotopic (exact) mass is 376 g/mol. The highest BCUT2D eigenvalue weighted by Gasteiger charge is 2.15. The normalized spacial score (nSPS) is 12.0. The van der Waals surface area contributed by atoms with E-state index in [4.69, 9.17) is 4.42 Å². The molecule has 1 amide bonds. The van der Waals surface area contributed by atoms with Gasteiger partial charge in [-0.25, -0.2) is 4.79 Å². The molecule has 4 aromatic rings. The van der Waals surface area contributed by atoms with Crippen LogP contribution < -0.4 is 10.4 Å². The van der Waals surface area contributed by atoms with Gasteiger partial charge < -0.3 is 8.98 Å². The van der Waals surface area contributed by atoms with E-state index < -0.39 is 11.5 Å². The average Bonchev–Trinajstić information content (AvgIpc) is 3.00. The molecule has 0 bridgehead atoms. The SMILES string of the molecule is C=CCn1c(=NC(=O)c2cc3ccccc3oc2=O)sc2cccc(C)c21. The first kappa shape index (κ1) is 17.2. The number of amides is 1. The molecule has 4 rings (SSSR count). The maximum Gasteiger partial charge on any atom is 0.349 e. The Kier molecular flexibility index (Phi) is 4.33. The van der Waals surface area contributed by atoms with Crippen LogP contribution in [0.3, 0.4) is 0 Å². The number of aryl methyl sites for hydroxylation is 1. The lowest BCUT2D eigenvalue weighted by molar-refractivity contribution is 0.0994. The van der Waals surface area contributed by atoms with E-state index in [1.807, 2.05) is 35.8 Å². The van der Waals surface area contributed by atoms with Crippen LogP contribution >= 0.6 is 11.3 Å². The highest BCUT2D eigenvalue weighted by molar-refractivity contribution is 7.16. The molecule has 0 unspecified atom stereocenters. The van der Waals surface area contributed by atoms with Crippen molar-refractivity contribution in [1.82, 2.24) is 4.57 Å². The predicted octanol–water partition coefficient (Wildman–Crippen LogP) is 4.04. The van der Waals surface area contributed by atoms with Gasteiger partial charge in [-0.1, -0.05) is 47.7 Å². The van der Waals surface area contributed by atoms with Crippen molar-refractivity contribution >= 4 is 38.4 Å². The number of allylic oxidation sites excluding steroid dienone is 1. The van der Waals surface area contributed by atoms with E-state index in [-0.39, 0.29) is 5.56 Å². The van der Waals surface area contributed by atoms with E-state index in [1.165, 1.54) is 17.4 Å². The highest BCUT2D eigenvalue weighted by Crippen LogP contribution is 2.21. The minimum atomic E-state index is -0.685. The fourth-order valence-electron chi connectivity index (χ4n) is 3.05. The van der Waals surface area contributed by atoms with Crippen LogP contribution in [0.1, 0.15) is 15.9 Å². The Balaban J connectivity index is 1.91. The van der Waals surface area contributed by atoms with E-state index in [9.17, 15) is 9.59 Å². The number of thiazole rings is 1. The molecule has 134 valence electrons. The van der Waals surface area contributed by atoms with Gasteiger partial charge in [0.15, 0.2) is 4.80 Å². The van der Waals surface area contributed by atoms with E-state index >= 15 is 0 Å². The summed E-state index contributed by atoms with van der Waals surface area (Å²) in [6, 6.07) is 14.6. The predicted molar refractivity (Wildman–Crippen MR) is 107 cm³/mol. The third-order valence-electron chi connectivity index (χ3n) is 4.28. The van der Waals surface area contributed by atoms with Crippen molar-refractivity contribution in [3.63, 3.8) is 0 Å². The number of carbonyl (C=O) groups is 1. The Hall–Kier alpha value is -3.25. The van der Waals surface area contributed by atoms with Crippen molar-refractivity contribution < 1.29 is 9.21 Å². The van der Waals surface area contributed by atoms with Crippen LogP contribution in [0.4, 0.5) is 0 Å². The highest BCUT2D eigenvalue weighted by atomic mass is 32.1. The Morgan fingerprint density at radius 3 is 2.89 bits per heavy atom. The number of carbonyl (C=O) groups excluding carboxylic acids is 1. The molecule has 2 aromatic carbocycles. The smallest absolute Gasteiger partial charge is 0.349 e. The summed E-state index contributed by atoms with van der Waals surface area (Å²) in [5.74, 6) is -0.614. The van der Waals surface area contributed by atoms with Gasteiger partial charge >= 0.3 is 5.63 Å². The molecule has 0 aliphatic rings. The lowest BCUT2D eigenvalue weighted by Crippen LogP contribution is -2.19. The number of hydrogen-bond donors (Lipinski definition) is 0. The van der Waals surface area contributed by atoms with Crippen LogP contribution in [0.5, 0.6) is 0 Å². The lowest BCUT2D eigenvalue weighted by Gasteiger charge is -2.03. The van der Waals surface area contributed by atoms with E-state index in [0.29, 0.717) is 22.3 Å². The number of fused-ring (bicyclic) bond motifs is 2. The van der Waals surface area contributed by atoms with Gasteiger partial charge in [-0.15, -0.1) is 6.58 Å². The van der Waals surface area contributed by atoms with Gasteiger partial charge in [0.05, 0.1) is 10.2 Å². The van der Waals surface area contributed by atoms with Gasteiger partial charge in [0.25, 0.3) is 5.91 Å². The third kappa shape index (κ3) is 3.04. The van der Waals surface area contributed by atoms with E-state index in [1.54, 1.807) is 24.3 Å². The average molecular weight is 376 g/mol. The summed E-state index contributed by atoms with van der Waals surface area (Å²) in [5, 5.41) is 0.682. The summed E-state index contributed by atoms with van der Waals surface area (Å²) in [5.41, 5.74) is 1.78. The van der Waals surface area contributed by atoms with Gasteiger partial charge in [0.1, 0.15) is 11.1 Å². The van der Waals surface area contributed by atoms with Crippen LogP contribution in [0, 0.1) is 6.92 Å². The topological polar surface area (TPSA) is 64.6 Å². The van der Waals surface area contributed by atoms with Gasteiger partial charge in [-0.05, 0) is 30.7 Å². The molecule has 2 aromatic heterocycles. The zero-order valence-electron chi connectivity index (χ0n) is 14.6. The summed E-state index contributed by atoms with van der Waals surface area (Å²) < 4.78 is 8.21. The lowest BCUT2D eigenvalue weighted by atomic mass is 10.2. The summed E-state index contributed by atoms with van der Waals surface area (Å²) in [6.45, 7) is 6.32. The van der Waals surface area contributed by atoms with E-state index in [2.05, 4.69) is 11.6 Å². The van der Waals surface area contributed by atoms with Crippen LogP contribution in [-0.4, -0.2) is 10.5 Å². The second-order valence-electron chi connectivity index (χ2n) is 6.11. The number of rotatable bonds is 3. The first-order valence-corrected chi connectivity index (χ1v) is 9.22.